The third-order valence-electron chi connectivity index (χ3n) is 6.22. The van der Waals surface area contributed by atoms with Gasteiger partial charge in [-0.1, -0.05) is 42.5 Å². The lowest BCUT2D eigenvalue weighted by molar-refractivity contribution is 0.0526. The van der Waals surface area contributed by atoms with Crippen LogP contribution in [0.2, 0.25) is 0 Å². The SMILES string of the molecule is CCOC(=O)c1ccc(N2CCN(c3nnc(Cc4ccccc4F)c4ccccc34)CC2)nc1. The van der Waals surface area contributed by atoms with Gasteiger partial charge in [0.2, 0.25) is 0 Å². The topological polar surface area (TPSA) is 71.5 Å². The molecule has 7 nitrogen and oxygen atoms in total. The molecule has 0 radical (unpaired) electrons. The molecule has 1 aliphatic rings. The lowest BCUT2D eigenvalue weighted by atomic mass is 10.0. The third kappa shape index (κ3) is 4.77. The number of esters is 1. The van der Waals surface area contributed by atoms with Crippen LogP contribution in [0.1, 0.15) is 28.5 Å². The molecule has 0 spiro atoms. The van der Waals surface area contributed by atoms with Crippen LogP contribution in [0.25, 0.3) is 10.8 Å². The van der Waals surface area contributed by atoms with Crippen molar-refractivity contribution in [3.05, 3.63) is 89.5 Å². The van der Waals surface area contributed by atoms with Crippen molar-refractivity contribution in [2.45, 2.75) is 13.3 Å². The number of fused-ring (bicyclic) bond motifs is 1. The molecule has 0 N–H and O–H groups in total. The third-order valence-corrected chi connectivity index (χ3v) is 6.22. The summed E-state index contributed by atoms with van der Waals surface area (Å²) in [5, 5.41) is 11.1. The Morgan fingerprint density at radius 1 is 0.914 bits per heavy atom. The van der Waals surface area contributed by atoms with Gasteiger partial charge in [-0.2, -0.15) is 5.10 Å². The number of halogens is 1. The average molecular weight is 472 g/mol. The highest BCUT2D eigenvalue weighted by Gasteiger charge is 2.22. The minimum atomic E-state index is -0.361. The van der Waals surface area contributed by atoms with Crippen molar-refractivity contribution in [2.75, 3.05) is 42.6 Å². The monoisotopic (exact) mass is 471 g/mol. The van der Waals surface area contributed by atoms with Crippen LogP contribution in [0.5, 0.6) is 0 Å². The fraction of sp³-hybridized carbons (Fsp3) is 0.259. The number of piperazine rings is 1. The van der Waals surface area contributed by atoms with Gasteiger partial charge in [0.05, 0.1) is 17.9 Å². The van der Waals surface area contributed by atoms with Gasteiger partial charge in [-0.3, -0.25) is 0 Å². The van der Waals surface area contributed by atoms with Crippen LogP contribution in [0.15, 0.2) is 66.9 Å². The van der Waals surface area contributed by atoms with E-state index in [-0.39, 0.29) is 11.8 Å². The molecule has 8 heteroatoms. The van der Waals surface area contributed by atoms with E-state index in [0.29, 0.717) is 24.2 Å². The van der Waals surface area contributed by atoms with E-state index in [4.69, 9.17) is 4.74 Å². The minimum Gasteiger partial charge on any atom is -0.462 e. The molecule has 178 valence electrons. The Bertz CT molecular complexity index is 1340. The van der Waals surface area contributed by atoms with Gasteiger partial charge in [-0.05, 0) is 30.7 Å². The van der Waals surface area contributed by atoms with E-state index in [1.807, 2.05) is 36.4 Å². The number of rotatable bonds is 6. The normalized spacial score (nSPS) is 13.8. The predicted octanol–water partition coefficient (Wildman–Crippen LogP) is 4.26. The second-order valence-corrected chi connectivity index (χ2v) is 8.38. The van der Waals surface area contributed by atoms with Gasteiger partial charge in [0, 0.05) is 49.6 Å². The summed E-state index contributed by atoms with van der Waals surface area (Å²) in [4.78, 5) is 20.7. The fourth-order valence-electron chi connectivity index (χ4n) is 4.39. The lowest BCUT2D eigenvalue weighted by Crippen LogP contribution is -2.47. The van der Waals surface area contributed by atoms with Crippen molar-refractivity contribution < 1.29 is 13.9 Å². The molecule has 1 saturated heterocycles. The van der Waals surface area contributed by atoms with E-state index < -0.39 is 0 Å². The van der Waals surface area contributed by atoms with Crippen molar-refractivity contribution in [2.24, 2.45) is 0 Å². The highest BCUT2D eigenvalue weighted by atomic mass is 19.1. The van der Waals surface area contributed by atoms with Gasteiger partial charge in [0.25, 0.3) is 0 Å². The average Bonchev–Trinajstić information content (AvgIpc) is 2.90. The van der Waals surface area contributed by atoms with Crippen molar-refractivity contribution in [3.8, 4) is 0 Å². The quantitative estimate of drug-likeness (QED) is 0.389. The Kier molecular flexibility index (Phi) is 6.52. The number of aromatic nitrogens is 3. The first kappa shape index (κ1) is 22.7. The standard InChI is InChI=1S/C27H26FN5O2/c1-2-35-27(34)20-11-12-25(29-18-20)32-13-15-33(16-14-32)26-22-9-5-4-8-21(22)24(30-31-26)17-19-7-3-6-10-23(19)28/h3-12,18H,2,13-17H2,1H3. The maximum absolute atomic E-state index is 14.2. The summed E-state index contributed by atoms with van der Waals surface area (Å²) in [7, 11) is 0. The van der Waals surface area contributed by atoms with E-state index in [2.05, 4.69) is 25.0 Å². The first-order chi connectivity index (χ1) is 17.1. The number of carbonyl (C=O) groups is 1. The molecular weight excluding hydrogens is 445 g/mol. The molecule has 35 heavy (non-hydrogen) atoms. The highest BCUT2D eigenvalue weighted by molar-refractivity contribution is 5.93. The molecule has 5 rings (SSSR count). The zero-order valence-corrected chi connectivity index (χ0v) is 19.5. The van der Waals surface area contributed by atoms with Gasteiger partial charge in [-0.15, -0.1) is 5.10 Å². The van der Waals surface area contributed by atoms with E-state index in [9.17, 15) is 9.18 Å². The molecule has 2 aromatic heterocycles. The second kappa shape index (κ2) is 10.0. The van der Waals surface area contributed by atoms with Crippen LogP contribution >= 0.6 is 0 Å². The molecule has 0 bridgehead atoms. The van der Waals surface area contributed by atoms with E-state index >= 15 is 0 Å². The zero-order chi connectivity index (χ0) is 24.2. The number of nitrogens with zero attached hydrogens (tertiary/aromatic N) is 5. The first-order valence-electron chi connectivity index (χ1n) is 11.7. The van der Waals surface area contributed by atoms with Gasteiger partial charge < -0.3 is 14.5 Å². The number of ether oxygens (including phenoxy) is 1. The Hall–Kier alpha value is -4.07. The summed E-state index contributed by atoms with van der Waals surface area (Å²) in [6, 6.07) is 18.4. The molecule has 4 aromatic rings. The second-order valence-electron chi connectivity index (χ2n) is 8.38. The van der Waals surface area contributed by atoms with Crippen molar-refractivity contribution >= 4 is 28.4 Å². The smallest absolute Gasteiger partial charge is 0.339 e. The van der Waals surface area contributed by atoms with Crippen LogP contribution in [0.3, 0.4) is 0 Å². The molecule has 3 heterocycles. The summed E-state index contributed by atoms with van der Waals surface area (Å²) in [5.74, 6) is 1.07. The van der Waals surface area contributed by atoms with Crippen molar-refractivity contribution in [1.82, 2.24) is 15.2 Å². The number of anilines is 2. The predicted molar refractivity (Wildman–Crippen MR) is 133 cm³/mol. The Morgan fingerprint density at radius 2 is 1.63 bits per heavy atom. The largest absolute Gasteiger partial charge is 0.462 e. The first-order valence-corrected chi connectivity index (χ1v) is 11.7. The van der Waals surface area contributed by atoms with Crippen LogP contribution in [0.4, 0.5) is 16.0 Å². The number of hydrogen-bond acceptors (Lipinski definition) is 7. The van der Waals surface area contributed by atoms with E-state index in [1.54, 1.807) is 31.3 Å². The molecular formula is C27H26FN5O2. The van der Waals surface area contributed by atoms with E-state index in [0.717, 1.165) is 54.3 Å². The van der Waals surface area contributed by atoms with Crippen LogP contribution in [0, 0.1) is 5.82 Å². The fourth-order valence-corrected chi connectivity index (χ4v) is 4.39. The molecule has 0 aliphatic carbocycles. The van der Waals surface area contributed by atoms with Crippen molar-refractivity contribution in [1.29, 1.82) is 0 Å². The number of hydrogen-bond donors (Lipinski definition) is 0. The molecule has 1 aliphatic heterocycles. The summed E-state index contributed by atoms with van der Waals surface area (Å²) >= 11 is 0. The van der Waals surface area contributed by atoms with Crippen molar-refractivity contribution in [3.63, 3.8) is 0 Å². The highest BCUT2D eigenvalue weighted by Crippen LogP contribution is 2.28. The van der Waals surface area contributed by atoms with Gasteiger partial charge in [0.1, 0.15) is 11.6 Å². The number of carbonyl (C=O) groups excluding carboxylic acids is 1. The number of pyridine rings is 1. The molecule has 0 amide bonds. The van der Waals surface area contributed by atoms with Gasteiger partial charge in [0.15, 0.2) is 5.82 Å². The molecule has 2 aromatic carbocycles. The minimum absolute atomic E-state index is 0.234. The van der Waals surface area contributed by atoms with Crippen LogP contribution in [-0.4, -0.2) is 53.9 Å². The van der Waals surface area contributed by atoms with Gasteiger partial charge in [-0.25, -0.2) is 14.2 Å². The zero-order valence-electron chi connectivity index (χ0n) is 19.5. The summed E-state index contributed by atoms with van der Waals surface area (Å²) < 4.78 is 19.3. The molecule has 1 fully saturated rings. The summed E-state index contributed by atoms with van der Waals surface area (Å²) in [5.41, 5.74) is 1.82. The summed E-state index contributed by atoms with van der Waals surface area (Å²) in [6.45, 7) is 5.16. The lowest BCUT2D eigenvalue weighted by Gasteiger charge is -2.36. The van der Waals surface area contributed by atoms with Gasteiger partial charge >= 0.3 is 5.97 Å². The number of benzene rings is 2. The molecule has 0 saturated carbocycles. The van der Waals surface area contributed by atoms with E-state index in [1.165, 1.54) is 6.07 Å². The van der Waals surface area contributed by atoms with Crippen LogP contribution < -0.4 is 9.80 Å². The Morgan fingerprint density at radius 3 is 2.34 bits per heavy atom. The molecule has 0 unspecified atom stereocenters. The summed E-state index contributed by atoms with van der Waals surface area (Å²) in [6.07, 6.45) is 1.95. The van der Waals surface area contributed by atoms with Crippen LogP contribution in [-0.2, 0) is 11.2 Å². The Balaban J connectivity index is 1.32. The maximum atomic E-state index is 14.2. The Labute approximate surface area is 203 Å². The molecule has 0 atom stereocenters. The maximum Gasteiger partial charge on any atom is 0.339 e.